The van der Waals surface area contributed by atoms with Crippen LogP contribution in [0.1, 0.15) is 6.42 Å². The van der Waals surface area contributed by atoms with E-state index < -0.39 is 0 Å². The van der Waals surface area contributed by atoms with E-state index in [0.29, 0.717) is 0 Å². The molecule has 0 radical (unpaired) electrons. The van der Waals surface area contributed by atoms with Gasteiger partial charge in [-0.25, -0.2) is 4.98 Å². The van der Waals surface area contributed by atoms with Gasteiger partial charge in [0.15, 0.2) is 0 Å². The maximum Gasteiger partial charge on any atom is 0.134 e. The lowest BCUT2D eigenvalue weighted by Gasteiger charge is -2.05. The lowest BCUT2D eigenvalue weighted by atomic mass is 10.3. The molecule has 0 amide bonds. The van der Waals surface area contributed by atoms with Crippen LogP contribution in [0.5, 0.6) is 0 Å². The van der Waals surface area contributed by atoms with Crippen molar-refractivity contribution in [1.82, 2.24) is 4.98 Å². The Morgan fingerprint density at radius 2 is 2.40 bits per heavy atom. The van der Waals surface area contributed by atoms with Crippen LogP contribution in [-0.4, -0.2) is 25.2 Å². The molecule has 0 spiro atoms. The minimum absolute atomic E-state index is 0.784. The number of nitrogens with zero attached hydrogens (tertiary/aromatic N) is 1. The number of hydrogen-bond donors (Lipinski definition) is 1. The largest absolute Gasteiger partial charge is 0.385 e. The van der Waals surface area contributed by atoms with Gasteiger partial charge in [0.25, 0.3) is 0 Å². The molecule has 0 fully saturated rings. The average molecular weight is 222 g/mol. The summed E-state index contributed by atoms with van der Waals surface area (Å²) >= 11 is 1.74. The Morgan fingerprint density at radius 1 is 1.47 bits per heavy atom. The number of pyridine rings is 1. The van der Waals surface area contributed by atoms with Crippen LogP contribution in [0.3, 0.4) is 0 Å². The maximum atomic E-state index is 4.99. The van der Waals surface area contributed by atoms with E-state index in [0.717, 1.165) is 25.4 Å². The monoisotopic (exact) mass is 222 g/mol. The molecule has 0 unspecified atom stereocenters. The van der Waals surface area contributed by atoms with Crippen LogP contribution < -0.4 is 5.32 Å². The van der Waals surface area contributed by atoms with E-state index in [4.69, 9.17) is 4.74 Å². The molecule has 0 bridgehead atoms. The summed E-state index contributed by atoms with van der Waals surface area (Å²) < 4.78 is 6.27. The number of fused-ring (bicyclic) bond motifs is 1. The van der Waals surface area contributed by atoms with Crippen molar-refractivity contribution >= 4 is 27.2 Å². The van der Waals surface area contributed by atoms with Crippen LogP contribution in [0.4, 0.5) is 5.82 Å². The smallest absolute Gasteiger partial charge is 0.134 e. The first kappa shape index (κ1) is 10.4. The topological polar surface area (TPSA) is 34.1 Å². The summed E-state index contributed by atoms with van der Waals surface area (Å²) in [6.07, 6.45) is 2.84. The van der Waals surface area contributed by atoms with Crippen molar-refractivity contribution in [3.63, 3.8) is 0 Å². The third kappa shape index (κ3) is 2.46. The zero-order chi connectivity index (χ0) is 10.5. The number of ether oxygens (including phenoxy) is 1. The molecule has 2 heterocycles. The van der Waals surface area contributed by atoms with Gasteiger partial charge < -0.3 is 10.1 Å². The summed E-state index contributed by atoms with van der Waals surface area (Å²) in [5.41, 5.74) is 0. The number of nitrogens with one attached hydrogen (secondary N) is 1. The van der Waals surface area contributed by atoms with Crippen molar-refractivity contribution in [2.45, 2.75) is 6.42 Å². The van der Waals surface area contributed by atoms with Crippen LogP contribution in [0.15, 0.2) is 23.7 Å². The molecule has 2 rings (SSSR count). The predicted octanol–water partition coefficient (Wildman–Crippen LogP) is 2.74. The molecule has 4 heteroatoms. The maximum absolute atomic E-state index is 4.99. The second-order valence-electron chi connectivity index (χ2n) is 3.27. The molecule has 0 saturated carbocycles. The molecular weight excluding hydrogens is 208 g/mol. The fourth-order valence-electron chi connectivity index (χ4n) is 1.46. The van der Waals surface area contributed by atoms with Gasteiger partial charge in [0.05, 0.1) is 0 Å². The quantitative estimate of drug-likeness (QED) is 0.790. The van der Waals surface area contributed by atoms with Crippen molar-refractivity contribution in [3.8, 4) is 0 Å². The molecule has 0 aliphatic heterocycles. The minimum Gasteiger partial charge on any atom is -0.385 e. The van der Waals surface area contributed by atoms with Gasteiger partial charge in [0.2, 0.25) is 0 Å². The van der Waals surface area contributed by atoms with E-state index in [-0.39, 0.29) is 0 Å². The molecule has 15 heavy (non-hydrogen) atoms. The van der Waals surface area contributed by atoms with E-state index >= 15 is 0 Å². The van der Waals surface area contributed by atoms with Crippen molar-refractivity contribution < 1.29 is 4.74 Å². The highest BCUT2D eigenvalue weighted by molar-refractivity contribution is 7.17. The van der Waals surface area contributed by atoms with Gasteiger partial charge in [0.1, 0.15) is 5.82 Å². The second kappa shape index (κ2) is 5.09. The molecule has 0 saturated heterocycles. The molecule has 3 nitrogen and oxygen atoms in total. The Hall–Kier alpha value is -1.13. The fourth-order valence-corrected chi connectivity index (χ4v) is 2.24. The van der Waals surface area contributed by atoms with Crippen molar-refractivity contribution in [3.05, 3.63) is 23.7 Å². The fraction of sp³-hybridized carbons (Fsp3) is 0.364. The SMILES string of the molecule is COCCCNc1nccc2sccc12. The van der Waals surface area contributed by atoms with Crippen LogP contribution in [-0.2, 0) is 4.74 Å². The van der Waals surface area contributed by atoms with Gasteiger partial charge in [-0.1, -0.05) is 0 Å². The first-order valence-electron chi connectivity index (χ1n) is 4.97. The first-order chi connectivity index (χ1) is 7.42. The van der Waals surface area contributed by atoms with Crippen molar-refractivity contribution in [1.29, 1.82) is 0 Å². The van der Waals surface area contributed by atoms with E-state index in [9.17, 15) is 0 Å². The summed E-state index contributed by atoms with van der Waals surface area (Å²) in [6, 6.07) is 4.14. The molecule has 0 atom stereocenters. The lowest BCUT2D eigenvalue weighted by molar-refractivity contribution is 0.198. The summed E-state index contributed by atoms with van der Waals surface area (Å²) in [5, 5.41) is 6.62. The average Bonchev–Trinajstić information content (AvgIpc) is 2.73. The summed E-state index contributed by atoms with van der Waals surface area (Å²) in [7, 11) is 1.72. The molecule has 80 valence electrons. The van der Waals surface area contributed by atoms with Gasteiger partial charge in [-0.15, -0.1) is 11.3 Å². The highest BCUT2D eigenvalue weighted by Gasteiger charge is 2.01. The van der Waals surface area contributed by atoms with Crippen LogP contribution in [0, 0.1) is 0 Å². The molecular formula is C11H14N2OS. The van der Waals surface area contributed by atoms with Crippen LogP contribution in [0.25, 0.3) is 10.1 Å². The summed E-state index contributed by atoms with van der Waals surface area (Å²) in [5.74, 6) is 0.977. The number of anilines is 1. The number of thiophene rings is 1. The third-order valence-corrected chi connectivity index (χ3v) is 3.08. The zero-order valence-corrected chi connectivity index (χ0v) is 9.51. The first-order valence-corrected chi connectivity index (χ1v) is 5.85. The lowest BCUT2D eigenvalue weighted by Crippen LogP contribution is -2.05. The van der Waals surface area contributed by atoms with E-state index in [2.05, 4.69) is 21.7 Å². The van der Waals surface area contributed by atoms with Gasteiger partial charge in [-0.05, 0) is 23.9 Å². The Bertz CT molecular complexity index is 427. The second-order valence-corrected chi connectivity index (χ2v) is 4.21. The number of rotatable bonds is 5. The van der Waals surface area contributed by atoms with E-state index in [1.807, 2.05) is 12.3 Å². The summed E-state index contributed by atoms with van der Waals surface area (Å²) in [4.78, 5) is 4.33. The molecule has 0 aliphatic rings. The number of hydrogen-bond acceptors (Lipinski definition) is 4. The predicted molar refractivity (Wildman–Crippen MR) is 64.6 cm³/mol. The van der Waals surface area contributed by atoms with Crippen LogP contribution in [0.2, 0.25) is 0 Å². The highest BCUT2D eigenvalue weighted by atomic mass is 32.1. The van der Waals surface area contributed by atoms with Crippen molar-refractivity contribution in [2.75, 3.05) is 25.6 Å². The zero-order valence-electron chi connectivity index (χ0n) is 8.69. The van der Waals surface area contributed by atoms with Gasteiger partial charge in [-0.3, -0.25) is 0 Å². The standard InChI is InChI=1S/C11H14N2OS/c1-14-7-2-5-12-11-9-4-8-15-10(9)3-6-13-11/h3-4,6,8H,2,5,7H2,1H3,(H,12,13). The van der Waals surface area contributed by atoms with E-state index in [1.165, 1.54) is 10.1 Å². The Morgan fingerprint density at radius 3 is 3.27 bits per heavy atom. The van der Waals surface area contributed by atoms with Crippen molar-refractivity contribution in [2.24, 2.45) is 0 Å². The number of methoxy groups -OCH3 is 1. The molecule has 2 aromatic rings. The Kier molecular flexibility index (Phi) is 3.53. The third-order valence-electron chi connectivity index (χ3n) is 2.20. The van der Waals surface area contributed by atoms with Gasteiger partial charge >= 0.3 is 0 Å². The molecule has 2 aromatic heterocycles. The Labute approximate surface area is 93.1 Å². The normalized spacial score (nSPS) is 10.7. The molecule has 0 aromatic carbocycles. The minimum atomic E-state index is 0.784. The van der Waals surface area contributed by atoms with Gasteiger partial charge in [-0.2, -0.15) is 0 Å². The Balaban J connectivity index is 2.04. The van der Waals surface area contributed by atoms with Crippen LogP contribution >= 0.6 is 11.3 Å². The summed E-state index contributed by atoms with van der Waals surface area (Å²) in [6.45, 7) is 1.68. The highest BCUT2D eigenvalue weighted by Crippen LogP contribution is 2.25. The van der Waals surface area contributed by atoms with Gasteiger partial charge in [0, 0.05) is 36.5 Å². The molecule has 0 aliphatic carbocycles. The molecule has 1 N–H and O–H groups in total. The van der Waals surface area contributed by atoms with E-state index in [1.54, 1.807) is 18.4 Å². The number of aromatic nitrogens is 1.